The molecule has 0 unspecified atom stereocenters. The zero-order valence-electron chi connectivity index (χ0n) is 16.5. The van der Waals surface area contributed by atoms with E-state index in [0.29, 0.717) is 11.4 Å². The number of esters is 1. The fraction of sp³-hybridized carbons (Fsp3) is 0.368. The molecule has 29 heavy (non-hydrogen) atoms. The Morgan fingerprint density at radius 2 is 1.86 bits per heavy atom. The largest absolute Gasteiger partial charge is 0.484 e. The van der Waals surface area contributed by atoms with Crippen molar-refractivity contribution in [3.05, 3.63) is 41.8 Å². The van der Waals surface area contributed by atoms with Crippen LogP contribution in [0.3, 0.4) is 0 Å². The van der Waals surface area contributed by atoms with E-state index in [2.05, 4.69) is 5.32 Å². The number of ether oxygens (including phenoxy) is 2. The molecule has 0 saturated heterocycles. The minimum absolute atomic E-state index is 0.0870. The van der Waals surface area contributed by atoms with Crippen LogP contribution in [0, 0.1) is 0 Å². The van der Waals surface area contributed by atoms with E-state index in [9.17, 15) is 18.0 Å². The van der Waals surface area contributed by atoms with Crippen LogP contribution in [0.15, 0.2) is 46.0 Å². The molecule has 0 radical (unpaired) electrons. The number of carbonyl (C=O) groups excluding carboxylic acids is 2. The van der Waals surface area contributed by atoms with Crippen molar-refractivity contribution in [3.8, 4) is 5.75 Å². The van der Waals surface area contributed by atoms with E-state index in [1.165, 1.54) is 11.4 Å². The predicted octanol–water partition coefficient (Wildman–Crippen LogP) is 2.41. The molecule has 1 N–H and O–H groups in total. The topological polar surface area (TPSA) is 102 Å². The molecular weight excluding hydrogens is 416 g/mol. The van der Waals surface area contributed by atoms with Crippen LogP contribution in [-0.2, 0) is 24.3 Å². The first kappa shape index (κ1) is 22.7. The predicted molar refractivity (Wildman–Crippen MR) is 111 cm³/mol. The van der Waals surface area contributed by atoms with Gasteiger partial charge in [0.15, 0.2) is 6.61 Å². The van der Waals surface area contributed by atoms with Gasteiger partial charge in [0.2, 0.25) is 0 Å². The Morgan fingerprint density at radius 1 is 1.17 bits per heavy atom. The summed E-state index contributed by atoms with van der Waals surface area (Å²) >= 11 is 1.15. The van der Waals surface area contributed by atoms with Gasteiger partial charge in [-0.15, -0.1) is 11.3 Å². The molecule has 1 aromatic carbocycles. The second-order valence-corrected chi connectivity index (χ2v) is 9.47. The summed E-state index contributed by atoms with van der Waals surface area (Å²) in [7, 11) is -2.13. The molecule has 0 fully saturated rings. The van der Waals surface area contributed by atoms with Crippen LogP contribution in [0.4, 0.5) is 5.69 Å². The van der Waals surface area contributed by atoms with Crippen LogP contribution in [0.25, 0.3) is 0 Å². The lowest BCUT2D eigenvalue weighted by atomic mass is 10.3. The number of anilines is 1. The molecule has 1 aromatic heterocycles. The van der Waals surface area contributed by atoms with Crippen molar-refractivity contribution in [2.24, 2.45) is 0 Å². The zero-order valence-corrected chi connectivity index (χ0v) is 18.1. The Kier molecular flexibility index (Phi) is 8.03. The van der Waals surface area contributed by atoms with Crippen LogP contribution < -0.4 is 14.4 Å². The van der Waals surface area contributed by atoms with E-state index >= 15 is 0 Å². The van der Waals surface area contributed by atoms with Crippen molar-refractivity contribution >= 4 is 38.9 Å². The lowest BCUT2D eigenvalue weighted by Crippen LogP contribution is -2.31. The Balaban J connectivity index is 1.82. The first-order valence-electron chi connectivity index (χ1n) is 8.91. The molecule has 0 bridgehead atoms. The number of carbonyl (C=O) groups is 2. The van der Waals surface area contributed by atoms with Gasteiger partial charge >= 0.3 is 5.97 Å². The first-order valence-corrected chi connectivity index (χ1v) is 11.2. The van der Waals surface area contributed by atoms with Crippen molar-refractivity contribution in [2.45, 2.75) is 30.6 Å². The Hall–Kier alpha value is -2.59. The normalized spacial score (nSPS) is 11.2. The van der Waals surface area contributed by atoms with Gasteiger partial charge in [0.1, 0.15) is 9.96 Å². The third-order valence-corrected chi connectivity index (χ3v) is 6.86. The molecule has 0 saturated carbocycles. The third-order valence-electron chi connectivity index (χ3n) is 3.70. The highest BCUT2D eigenvalue weighted by Crippen LogP contribution is 2.26. The van der Waals surface area contributed by atoms with Gasteiger partial charge in [0, 0.05) is 13.6 Å². The molecule has 10 heteroatoms. The van der Waals surface area contributed by atoms with Crippen molar-refractivity contribution in [3.63, 3.8) is 0 Å². The van der Waals surface area contributed by atoms with Crippen molar-refractivity contribution in [2.75, 3.05) is 24.5 Å². The van der Waals surface area contributed by atoms with Gasteiger partial charge in [0.25, 0.3) is 15.9 Å². The maximum Gasteiger partial charge on any atom is 0.307 e. The van der Waals surface area contributed by atoms with Gasteiger partial charge in [-0.2, -0.15) is 0 Å². The molecule has 2 aromatic rings. The monoisotopic (exact) mass is 440 g/mol. The molecular formula is C19H24N2O6S2. The van der Waals surface area contributed by atoms with Crippen molar-refractivity contribution in [1.82, 2.24) is 5.32 Å². The molecule has 2 rings (SSSR count). The Bertz CT molecular complexity index is 909. The van der Waals surface area contributed by atoms with E-state index in [1.807, 2.05) is 0 Å². The van der Waals surface area contributed by atoms with Gasteiger partial charge in [0.05, 0.1) is 18.2 Å². The van der Waals surface area contributed by atoms with Gasteiger partial charge < -0.3 is 14.8 Å². The lowest BCUT2D eigenvalue weighted by molar-refractivity contribution is -0.147. The summed E-state index contributed by atoms with van der Waals surface area (Å²) < 4.78 is 36.8. The maximum absolute atomic E-state index is 12.5. The quantitative estimate of drug-likeness (QED) is 0.569. The molecule has 8 nitrogen and oxygen atoms in total. The summed E-state index contributed by atoms with van der Waals surface area (Å²) in [6.07, 6.45) is -0.104. The SMILES string of the molecule is CC(C)OC(=O)CCNC(=O)COc1ccc(N(C)S(=O)(=O)c2cccs2)cc1. The second-order valence-electron chi connectivity index (χ2n) is 6.33. The average molecular weight is 441 g/mol. The maximum atomic E-state index is 12.5. The number of hydrogen-bond acceptors (Lipinski definition) is 7. The number of sulfonamides is 1. The number of benzene rings is 1. The van der Waals surface area contributed by atoms with Crippen LogP contribution >= 0.6 is 11.3 Å². The average Bonchev–Trinajstić information content (AvgIpc) is 3.21. The fourth-order valence-corrected chi connectivity index (χ4v) is 4.62. The summed E-state index contributed by atoms with van der Waals surface area (Å²) in [4.78, 5) is 23.2. The highest BCUT2D eigenvalue weighted by atomic mass is 32.2. The number of hydrogen-bond donors (Lipinski definition) is 1. The van der Waals surface area contributed by atoms with Gasteiger partial charge in [-0.3, -0.25) is 13.9 Å². The Morgan fingerprint density at radius 3 is 2.45 bits per heavy atom. The second kappa shape index (κ2) is 10.3. The number of rotatable bonds is 10. The number of nitrogens with zero attached hydrogens (tertiary/aromatic N) is 1. The minimum atomic E-state index is -3.60. The molecule has 0 aliphatic heterocycles. The molecule has 0 aliphatic rings. The summed E-state index contributed by atoms with van der Waals surface area (Å²) in [6.45, 7) is 3.45. The summed E-state index contributed by atoms with van der Waals surface area (Å²) in [5, 5.41) is 4.28. The summed E-state index contributed by atoms with van der Waals surface area (Å²) in [6, 6.07) is 9.60. The molecule has 1 heterocycles. The zero-order chi connectivity index (χ0) is 21.4. The highest BCUT2D eigenvalue weighted by molar-refractivity contribution is 7.94. The van der Waals surface area contributed by atoms with E-state index in [-0.39, 0.29) is 41.8 Å². The van der Waals surface area contributed by atoms with E-state index in [1.54, 1.807) is 55.6 Å². The van der Waals surface area contributed by atoms with Crippen LogP contribution in [0.2, 0.25) is 0 Å². The fourth-order valence-electron chi connectivity index (χ4n) is 2.26. The smallest absolute Gasteiger partial charge is 0.307 e. The molecule has 1 amide bonds. The van der Waals surface area contributed by atoms with E-state index < -0.39 is 10.0 Å². The Labute approximate surface area is 174 Å². The lowest BCUT2D eigenvalue weighted by Gasteiger charge is -2.18. The molecule has 158 valence electrons. The number of amides is 1. The third kappa shape index (κ3) is 6.75. The van der Waals surface area contributed by atoms with Gasteiger partial charge in [-0.05, 0) is 49.6 Å². The van der Waals surface area contributed by atoms with Crippen LogP contribution in [0.1, 0.15) is 20.3 Å². The molecule has 0 atom stereocenters. The van der Waals surface area contributed by atoms with Crippen molar-refractivity contribution < 1.29 is 27.5 Å². The van der Waals surface area contributed by atoms with E-state index in [0.717, 1.165) is 11.3 Å². The van der Waals surface area contributed by atoms with Crippen molar-refractivity contribution in [1.29, 1.82) is 0 Å². The van der Waals surface area contributed by atoms with Crippen LogP contribution in [-0.4, -0.2) is 46.6 Å². The first-order chi connectivity index (χ1) is 13.7. The highest BCUT2D eigenvalue weighted by Gasteiger charge is 2.22. The number of nitrogens with one attached hydrogen (secondary N) is 1. The van der Waals surface area contributed by atoms with E-state index in [4.69, 9.17) is 9.47 Å². The number of thiophene rings is 1. The van der Waals surface area contributed by atoms with Gasteiger partial charge in [-0.1, -0.05) is 6.07 Å². The van der Waals surface area contributed by atoms with Gasteiger partial charge in [-0.25, -0.2) is 8.42 Å². The molecule has 0 spiro atoms. The van der Waals surface area contributed by atoms with Crippen LogP contribution in [0.5, 0.6) is 5.75 Å². The standard InChI is InChI=1S/C19H24N2O6S2/c1-14(2)27-18(23)10-11-20-17(22)13-26-16-8-6-15(7-9-16)21(3)29(24,25)19-5-4-12-28-19/h4-9,12,14H,10-11,13H2,1-3H3,(H,20,22). The summed E-state index contributed by atoms with van der Waals surface area (Å²) in [5.41, 5.74) is 0.471. The summed E-state index contributed by atoms with van der Waals surface area (Å²) in [5.74, 6) is -0.327. The molecule has 0 aliphatic carbocycles. The minimum Gasteiger partial charge on any atom is -0.484 e.